The van der Waals surface area contributed by atoms with Crippen molar-refractivity contribution < 1.29 is 4.74 Å². The van der Waals surface area contributed by atoms with Crippen molar-refractivity contribution in [3.05, 3.63) is 0 Å². The molecule has 0 saturated heterocycles. The Morgan fingerprint density at radius 2 is 2.12 bits per heavy atom. The fourth-order valence-electron chi connectivity index (χ4n) is 3.76. The van der Waals surface area contributed by atoms with Crippen LogP contribution in [-0.4, -0.2) is 25.8 Å². The van der Waals surface area contributed by atoms with E-state index in [0.717, 1.165) is 37.5 Å². The molecule has 0 amide bonds. The van der Waals surface area contributed by atoms with Gasteiger partial charge >= 0.3 is 0 Å². The van der Waals surface area contributed by atoms with Gasteiger partial charge in [0.05, 0.1) is 6.61 Å². The minimum Gasteiger partial charge on any atom is -0.380 e. The van der Waals surface area contributed by atoms with Crippen LogP contribution in [0.4, 0.5) is 0 Å². The van der Waals surface area contributed by atoms with E-state index in [2.05, 4.69) is 19.2 Å². The molecule has 2 nitrogen and oxygen atoms in total. The van der Waals surface area contributed by atoms with E-state index in [4.69, 9.17) is 4.74 Å². The van der Waals surface area contributed by atoms with Crippen LogP contribution in [0.5, 0.6) is 0 Å². The first-order chi connectivity index (χ1) is 8.31. The zero-order valence-corrected chi connectivity index (χ0v) is 11.6. The van der Waals surface area contributed by atoms with Crippen LogP contribution in [0.2, 0.25) is 0 Å². The summed E-state index contributed by atoms with van der Waals surface area (Å²) in [4.78, 5) is 0. The van der Waals surface area contributed by atoms with Gasteiger partial charge in [0.2, 0.25) is 0 Å². The van der Waals surface area contributed by atoms with Crippen LogP contribution in [0.15, 0.2) is 0 Å². The van der Waals surface area contributed by atoms with E-state index in [1.54, 1.807) is 0 Å². The number of nitrogens with one attached hydrogen (secondary N) is 1. The molecule has 17 heavy (non-hydrogen) atoms. The summed E-state index contributed by atoms with van der Waals surface area (Å²) in [6.45, 7) is 7.42. The highest BCUT2D eigenvalue weighted by Gasteiger charge is 2.41. The van der Waals surface area contributed by atoms with E-state index in [-0.39, 0.29) is 0 Å². The van der Waals surface area contributed by atoms with Crippen LogP contribution in [0.1, 0.15) is 52.4 Å². The van der Waals surface area contributed by atoms with Gasteiger partial charge in [-0.3, -0.25) is 0 Å². The quantitative estimate of drug-likeness (QED) is 0.657. The number of ether oxygens (including phenoxy) is 1. The fourth-order valence-corrected chi connectivity index (χ4v) is 3.76. The summed E-state index contributed by atoms with van der Waals surface area (Å²) in [6, 6.07) is 0.695. The lowest BCUT2D eigenvalue weighted by Crippen LogP contribution is -2.38. The summed E-state index contributed by atoms with van der Waals surface area (Å²) in [7, 11) is 0. The molecule has 0 aromatic carbocycles. The van der Waals surface area contributed by atoms with Crippen molar-refractivity contribution in [2.24, 2.45) is 17.8 Å². The lowest BCUT2D eigenvalue weighted by molar-refractivity contribution is 0.127. The number of rotatable bonds is 8. The first-order valence-corrected chi connectivity index (χ1v) is 7.62. The second-order valence-corrected chi connectivity index (χ2v) is 6.05. The largest absolute Gasteiger partial charge is 0.380 e. The van der Waals surface area contributed by atoms with Gasteiger partial charge in [0.1, 0.15) is 0 Å². The van der Waals surface area contributed by atoms with Crippen molar-refractivity contribution >= 4 is 0 Å². The van der Waals surface area contributed by atoms with Gasteiger partial charge in [0, 0.05) is 19.2 Å². The van der Waals surface area contributed by atoms with E-state index in [9.17, 15) is 0 Å². The Labute approximate surface area is 107 Å². The molecule has 100 valence electrons. The smallest absolute Gasteiger partial charge is 0.0590 e. The third kappa shape index (κ3) is 3.69. The number of unbranched alkanes of at least 4 members (excludes halogenated alkanes) is 1. The van der Waals surface area contributed by atoms with E-state index in [1.165, 1.54) is 38.5 Å². The summed E-state index contributed by atoms with van der Waals surface area (Å²) in [5.74, 6) is 3.04. The Morgan fingerprint density at radius 1 is 1.24 bits per heavy atom. The standard InChI is InChI=1S/C15H29NO/c1-3-4-8-17-9-7-16-12(2)15-11-13-5-6-14(15)10-13/h12-16H,3-11H2,1-2H3. The van der Waals surface area contributed by atoms with Crippen LogP contribution in [-0.2, 0) is 4.74 Å². The Bertz CT molecular complexity index is 219. The molecule has 0 radical (unpaired) electrons. The summed E-state index contributed by atoms with van der Waals surface area (Å²) < 4.78 is 5.59. The predicted octanol–water partition coefficient (Wildman–Crippen LogP) is 3.22. The zero-order valence-electron chi connectivity index (χ0n) is 11.6. The third-order valence-corrected chi connectivity index (χ3v) is 4.79. The van der Waals surface area contributed by atoms with E-state index in [0.29, 0.717) is 6.04 Å². The molecule has 0 aromatic heterocycles. The maximum Gasteiger partial charge on any atom is 0.0590 e. The molecule has 2 fully saturated rings. The topological polar surface area (TPSA) is 21.3 Å². The average Bonchev–Trinajstić information content (AvgIpc) is 2.95. The molecule has 2 bridgehead atoms. The predicted molar refractivity (Wildman–Crippen MR) is 72.1 cm³/mol. The van der Waals surface area contributed by atoms with Gasteiger partial charge in [0.15, 0.2) is 0 Å². The molecule has 0 heterocycles. The number of hydrogen-bond donors (Lipinski definition) is 1. The highest BCUT2D eigenvalue weighted by Crippen LogP contribution is 2.49. The van der Waals surface area contributed by atoms with Gasteiger partial charge in [-0.2, -0.15) is 0 Å². The van der Waals surface area contributed by atoms with Gasteiger partial charge < -0.3 is 10.1 Å². The molecule has 0 spiro atoms. The Morgan fingerprint density at radius 3 is 2.76 bits per heavy atom. The van der Waals surface area contributed by atoms with Gasteiger partial charge in [-0.05, 0) is 50.4 Å². The highest BCUT2D eigenvalue weighted by molar-refractivity contribution is 4.93. The van der Waals surface area contributed by atoms with Crippen LogP contribution in [0, 0.1) is 17.8 Å². The first kappa shape index (κ1) is 13.4. The second-order valence-electron chi connectivity index (χ2n) is 6.05. The molecule has 2 aliphatic carbocycles. The van der Waals surface area contributed by atoms with Gasteiger partial charge in [0.25, 0.3) is 0 Å². The molecule has 2 rings (SSSR count). The molecule has 4 atom stereocenters. The average molecular weight is 239 g/mol. The fraction of sp³-hybridized carbons (Fsp3) is 1.00. The minimum absolute atomic E-state index is 0.695. The Balaban J connectivity index is 1.54. The Kier molecular flexibility index (Phi) is 5.30. The van der Waals surface area contributed by atoms with Crippen LogP contribution < -0.4 is 5.32 Å². The lowest BCUT2D eigenvalue weighted by Gasteiger charge is -2.28. The zero-order chi connectivity index (χ0) is 12.1. The normalized spacial score (nSPS) is 33.2. The number of hydrogen-bond acceptors (Lipinski definition) is 2. The van der Waals surface area contributed by atoms with Gasteiger partial charge in [-0.1, -0.05) is 19.8 Å². The molecule has 4 unspecified atom stereocenters. The molecule has 2 aliphatic rings. The summed E-state index contributed by atoms with van der Waals surface area (Å²) in [6.07, 6.45) is 8.43. The van der Waals surface area contributed by atoms with E-state index in [1.807, 2.05) is 0 Å². The van der Waals surface area contributed by atoms with Crippen LogP contribution >= 0.6 is 0 Å². The lowest BCUT2D eigenvalue weighted by atomic mass is 9.84. The highest BCUT2D eigenvalue weighted by atomic mass is 16.5. The summed E-state index contributed by atoms with van der Waals surface area (Å²) in [5.41, 5.74) is 0. The van der Waals surface area contributed by atoms with Gasteiger partial charge in [-0.15, -0.1) is 0 Å². The maximum absolute atomic E-state index is 5.59. The van der Waals surface area contributed by atoms with Crippen molar-refractivity contribution in [2.75, 3.05) is 19.8 Å². The maximum atomic E-state index is 5.59. The van der Waals surface area contributed by atoms with Crippen molar-refractivity contribution in [1.82, 2.24) is 5.32 Å². The van der Waals surface area contributed by atoms with Crippen molar-refractivity contribution in [1.29, 1.82) is 0 Å². The van der Waals surface area contributed by atoms with Crippen LogP contribution in [0.3, 0.4) is 0 Å². The van der Waals surface area contributed by atoms with Crippen molar-refractivity contribution in [2.45, 2.75) is 58.4 Å². The van der Waals surface area contributed by atoms with Crippen molar-refractivity contribution in [3.8, 4) is 0 Å². The second kappa shape index (κ2) is 6.75. The summed E-state index contributed by atoms with van der Waals surface area (Å²) in [5, 5.41) is 3.66. The molecule has 2 saturated carbocycles. The molecule has 0 aliphatic heterocycles. The summed E-state index contributed by atoms with van der Waals surface area (Å²) >= 11 is 0. The van der Waals surface area contributed by atoms with E-state index < -0.39 is 0 Å². The van der Waals surface area contributed by atoms with Gasteiger partial charge in [-0.25, -0.2) is 0 Å². The first-order valence-electron chi connectivity index (χ1n) is 7.62. The molecular formula is C15H29NO. The molecule has 0 aromatic rings. The van der Waals surface area contributed by atoms with Crippen LogP contribution in [0.25, 0.3) is 0 Å². The monoisotopic (exact) mass is 239 g/mol. The SMILES string of the molecule is CCCCOCCNC(C)C1CC2CCC1C2. The third-order valence-electron chi connectivity index (χ3n) is 4.79. The minimum atomic E-state index is 0.695. The molecular weight excluding hydrogens is 210 g/mol. The van der Waals surface area contributed by atoms with Crippen molar-refractivity contribution in [3.63, 3.8) is 0 Å². The van der Waals surface area contributed by atoms with E-state index >= 15 is 0 Å². The number of fused-ring (bicyclic) bond motifs is 2. The Hall–Kier alpha value is -0.0800. The molecule has 1 N–H and O–H groups in total. The molecule has 2 heteroatoms.